The van der Waals surface area contributed by atoms with Gasteiger partial charge >= 0.3 is 6.03 Å². The van der Waals surface area contributed by atoms with Crippen LogP contribution >= 0.6 is 0 Å². The summed E-state index contributed by atoms with van der Waals surface area (Å²) in [6, 6.07) is 21.4. The molecule has 0 atom stereocenters. The first-order chi connectivity index (χ1) is 14.3. The highest BCUT2D eigenvalue weighted by Gasteiger charge is 2.28. The van der Waals surface area contributed by atoms with Crippen LogP contribution in [0.15, 0.2) is 72.9 Å². The van der Waals surface area contributed by atoms with Crippen LogP contribution < -0.4 is 19.9 Å². The van der Waals surface area contributed by atoms with Crippen molar-refractivity contribution >= 4 is 23.2 Å². The lowest BCUT2D eigenvalue weighted by atomic mass is 10.2. The number of urea groups is 1. The van der Waals surface area contributed by atoms with Crippen molar-refractivity contribution in [2.45, 2.75) is 13.5 Å². The molecule has 6 heteroatoms. The Morgan fingerprint density at radius 2 is 1.83 bits per heavy atom. The number of rotatable bonds is 5. The predicted molar refractivity (Wildman–Crippen MR) is 116 cm³/mol. The summed E-state index contributed by atoms with van der Waals surface area (Å²) in [6.45, 7) is 4.51. The van der Waals surface area contributed by atoms with Crippen LogP contribution in [0.4, 0.5) is 22.0 Å². The van der Waals surface area contributed by atoms with Crippen LogP contribution in [0.25, 0.3) is 0 Å². The number of nitrogens with one attached hydrogen (secondary N) is 1. The Kier molecular flexibility index (Phi) is 5.61. The molecule has 1 N–H and O–H groups in total. The van der Waals surface area contributed by atoms with Gasteiger partial charge in [-0.2, -0.15) is 0 Å². The van der Waals surface area contributed by atoms with Gasteiger partial charge in [0.2, 0.25) is 0 Å². The average molecular weight is 388 g/mol. The first kappa shape index (κ1) is 18.8. The monoisotopic (exact) mass is 388 g/mol. The molecule has 1 aliphatic rings. The molecular formula is C23H24N4O2. The molecule has 0 radical (unpaired) electrons. The topological polar surface area (TPSA) is 57.7 Å². The fourth-order valence-electron chi connectivity index (χ4n) is 3.49. The van der Waals surface area contributed by atoms with E-state index in [4.69, 9.17) is 4.74 Å². The fourth-order valence-corrected chi connectivity index (χ4v) is 3.49. The van der Waals surface area contributed by atoms with Crippen molar-refractivity contribution in [2.24, 2.45) is 0 Å². The Balaban J connectivity index is 1.55. The third-order valence-electron chi connectivity index (χ3n) is 4.84. The second-order valence-corrected chi connectivity index (χ2v) is 6.76. The first-order valence-corrected chi connectivity index (χ1v) is 9.80. The highest BCUT2D eigenvalue weighted by molar-refractivity contribution is 6.04. The molecule has 6 nitrogen and oxygen atoms in total. The van der Waals surface area contributed by atoms with Crippen molar-refractivity contribution < 1.29 is 9.53 Å². The van der Waals surface area contributed by atoms with E-state index in [9.17, 15) is 4.79 Å². The summed E-state index contributed by atoms with van der Waals surface area (Å²) in [7, 11) is 0. The van der Waals surface area contributed by atoms with E-state index in [1.165, 1.54) is 5.56 Å². The van der Waals surface area contributed by atoms with E-state index in [1.807, 2.05) is 61.5 Å². The van der Waals surface area contributed by atoms with E-state index < -0.39 is 0 Å². The zero-order valence-corrected chi connectivity index (χ0v) is 16.4. The number of hydrogen-bond acceptors (Lipinski definition) is 4. The van der Waals surface area contributed by atoms with Crippen molar-refractivity contribution in [3.63, 3.8) is 0 Å². The van der Waals surface area contributed by atoms with Crippen LogP contribution in [0.5, 0.6) is 5.75 Å². The van der Waals surface area contributed by atoms with Gasteiger partial charge in [-0.15, -0.1) is 0 Å². The number of aromatic nitrogens is 1. The van der Waals surface area contributed by atoms with E-state index in [2.05, 4.69) is 27.3 Å². The summed E-state index contributed by atoms with van der Waals surface area (Å²) in [5.41, 5.74) is 2.69. The number of carbonyl (C=O) groups excluding carboxylic acids is 1. The summed E-state index contributed by atoms with van der Waals surface area (Å²) < 4.78 is 5.62. The van der Waals surface area contributed by atoms with E-state index >= 15 is 0 Å². The van der Waals surface area contributed by atoms with Crippen LogP contribution in [-0.4, -0.2) is 30.7 Å². The van der Waals surface area contributed by atoms with Crippen molar-refractivity contribution in [1.82, 2.24) is 4.98 Å². The lowest BCUT2D eigenvalue weighted by Gasteiger charge is -2.36. The molecule has 0 spiro atoms. The molecule has 4 rings (SSSR count). The van der Waals surface area contributed by atoms with E-state index in [0.717, 1.165) is 18.1 Å². The van der Waals surface area contributed by atoms with Crippen molar-refractivity contribution in [2.75, 3.05) is 34.8 Å². The number of fused-ring (bicyclic) bond motifs is 1. The van der Waals surface area contributed by atoms with Gasteiger partial charge < -0.3 is 15.0 Å². The second kappa shape index (κ2) is 8.65. The minimum absolute atomic E-state index is 0.189. The third kappa shape index (κ3) is 4.16. The second-order valence-electron chi connectivity index (χ2n) is 6.76. The van der Waals surface area contributed by atoms with Gasteiger partial charge in [0.15, 0.2) is 5.82 Å². The molecule has 0 saturated heterocycles. The summed E-state index contributed by atoms with van der Waals surface area (Å²) >= 11 is 0. The lowest BCUT2D eigenvalue weighted by Crippen LogP contribution is -2.46. The Bertz CT molecular complexity index is 977. The van der Waals surface area contributed by atoms with E-state index in [-0.39, 0.29) is 6.03 Å². The highest BCUT2D eigenvalue weighted by atomic mass is 16.5. The highest BCUT2D eigenvalue weighted by Crippen LogP contribution is 2.33. The molecule has 0 aliphatic carbocycles. The Morgan fingerprint density at radius 1 is 1.03 bits per heavy atom. The lowest BCUT2D eigenvalue weighted by molar-refractivity contribution is 0.256. The van der Waals surface area contributed by atoms with Crippen molar-refractivity contribution in [3.05, 3.63) is 78.5 Å². The Labute approximate surface area is 170 Å². The molecule has 0 unspecified atom stereocenters. The maximum Gasteiger partial charge on any atom is 0.326 e. The van der Waals surface area contributed by atoms with Gasteiger partial charge in [-0.05, 0) is 36.8 Å². The number of para-hydroxylation sites is 2. The van der Waals surface area contributed by atoms with E-state index in [0.29, 0.717) is 31.1 Å². The normalized spacial score (nSPS) is 13.0. The fraction of sp³-hybridized carbons (Fsp3) is 0.217. The zero-order chi connectivity index (χ0) is 20.1. The third-order valence-corrected chi connectivity index (χ3v) is 4.84. The predicted octanol–water partition coefficient (Wildman–Crippen LogP) is 4.54. The first-order valence-electron chi connectivity index (χ1n) is 9.80. The molecule has 2 heterocycles. The summed E-state index contributed by atoms with van der Waals surface area (Å²) in [4.78, 5) is 21.6. The number of benzene rings is 2. The minimum atomic E-state index is -0.189. The van der Waals surface area contributed by atoms with Crippen molar-refractivity contribution in [1.29, 1.82) is 0 Å². The van der Waals surface area contributed by atoms with Gasteiger partial charge in [0.05, 0.1) is 18.0 Å². The molecule has 2 aromatic carbocycles. The number of carbonyl (C=O) groups is 1. The zero-order valence-electron chi connectivity index (χ0n) is 16.4. The molecule has 29 heavy (non-hydrogen) atoms. The Morgan fingerprint density at radius 3 is 2.66 bits per heavy atom. The average Bonchev–Trinajstić information content (AvgIpc) is 2.76. The summed E-state index contributed by atoms with van der Waals surface area (Å²) in [5, 5.41) is 2.99. The standard InChI is InChI=1S/C23H24N4O2/c1-2-29-21-13-7-6-11-19(21)25-23(28)27-16-15-26(17-18-9-4-3-5-10-18)22-20(27)12-8-14-24-22/h3-14H,2,15-17H2,1H3,(H,25,28). The van der Waals surface area contributed by atoms with Crippen LogP contribution in [0.3, 0.4) is 0 Å². The molecule has 3 aromatic rings. The van der Waals surface area contributed by atoms with E-state index in [1.54, 1.807) is 11.1 Å². The van der Waals surface area contributed by atoms with Gasteiger partial charge in [-0.3, -0.25) is 4.90 Å². The molecule has 0 saturated carbocycles. The summed E-state index contributed by atoms with van der Waals surface area (Å²) in [5.74, 6) is 1.48. The minimum Gasteiger partial charge on any atom is -0.492 e. The van der Waals surface area contributed by atoms with Gasteiger partial charge in [0, 0.05) is 25.8 Å². The smallest absolute Gasteiger partial charge is 0.326 e. The quantitative estimate of drug-likeness (QED) is 0.697. The summed E-state index contributed by atoms with van der Waals surface area (Å²) in [6.07, 6.45) is 1.77. The van der Waals surface area contributed by atoms with Gasteiger partial charge in [-0.25, -0.2) is 9.78 Å². The van der Waals surface area contributed by atoms with Crippen LogP contribution in [0, 0.1) is 0 Å². The molecule has 1 aromatic heterocycles. The largest absolute Gasteiger partial charge is 0.492 e. The molecular weight excluding hydrogens is 364 g/mol. The molecule has 1 aliphatic heterocycles. The number of pyridine rings is 1. The van der Waals surface area contributed by atoms with Crippen molar-refractivity contribution in [3.8, 4) is 5.75 Å². The molecule has 0 fully saturated rings. The van der Waals surface area contributed by atoms with Gasteiger partial charge in [0.25, 0.3) is 0 Å². The number of nitrogens with zero attached hydrogens (tertiary/aromatic N) is 3. The maximum absolute atomic E-state index is 13.1. The van der Waals surface area contributed by atoms with Gasteiger partial charge in [0.1, 0.15) is 5.75 Å². The molecule has 148 valence electrons. The number of ether oxygens (including phenoxy) is 1. The van der Waals surface area contributed by atoms with Crippen LogP contribution in [0.2, 0.25) is 0 Å². The van der Waals surface area contributed by atoms with Gasteiger partial charge in [-0.1, -0.05) is 42.5 Å². The molecule has 0 bridgehead atoms. The number of hydrogen-bond donors (Lipinski definition) is 1. The number of anilines is 3. The van der Waals surface area contributed by atoms with Crippen LogP contribution in [-0.2, 0) is 6.54 Å². The maximum atomic E-state index is 13.1. The Hall–Kier alpha value is -3.54. The SMILES string of the molecule is CCOc1ccccc1NC(=O)N1CCN(Cc2ccccc2)c2ncccc21. The molecule has 2 amide bonds. The number of amides is 2. The van der Waals surface area contributed by atoms with Crippen LogP contribution in [0.1, 0.15) is 12.5 Å².